The maximum absolute atomic E-state index is 6.08. The first-order valence-electron chi connectivity index (χ1n) is 5.93. The van der Waals surface area contributed by atoms with Crippen LogP contribution in [-0.4, -0.2) is 26.9 Å². The second-order valence-electron chi connectivity index (χ2n) is 5.08. The minimum atomic E-state index is -0.302. The van der Waals surface area contributed by atoms with Gasteiger partial charge in [0.25, 0.3) is 0 Å². The van der Waals surface area contributed by atoms with E-state index in [2.05, 4.69) is 0 Å². The molecule has 0 spiro atoms. The second-order valence-corrected chi connectivity index (χ2v) is 5.08. The lowest BCUT2D eigenvalue weighted by atomic mass is 9.94. The van der Waals surface area contributed by atoms with Crippen LogP contribution in [0.4, 0.5) is 0 Å². The van der Waals surface area contributed by atoms with Gasteiger partial charge in [-0.05, 0) is 38.0 Å². The molecule has 4 nitrogen and oxygen atoms in total. The van der Waals surface area contributed by atoms with Gasteiger partial charge in [-0.3, -0.25) is 0 Å². The van der Waals surface area contributed by atoms with E-state index in [4.69, 9.17) is 19.9 Å². The summed E-state index contributed by atoms with van der Waals surface area (Å²) < 4.78 is 16.0. The smallest absolute Gasteiger partial charge is 0.127 e. The number of hydrogen-bond acceptors (Lipinski definition) is 4. The number of hydrogen-bond donors (Lipinski definition) is 1. The van der Waals surface area contributed by atoms with Crippen LogP contribution in [0.2, 0.25) is 0 Å². The average Bonchev–Trinajstić information content (AvgIpc) is 2.27. The summed E-state index contributed by atoms with van der Waals surface area (Å²) in [6, 6.07) is 3.89. The van der Waals surface area contributed by atoms with Crippen molar-refractivity contribution in [2.45, 2.75) is 32.4 Å². The van der Waals surface area contributed by atoms with Crippen LogP contribution in [0.5, 0.6) is 11.5 Å². The molecule has 0 bridgehead atoms. The lowest BCUT2D eigenvalue weighted by molar-refractivity contribution is 0.181. The Hall–Kier alpha value is -1.26. The molecule has 0 aliphatic carbocycles. The zero-order valence-corrected chi connectivity index (χ0v) is 11.9. The van der Waals surface area contributed by atoms with Crippen LogP contribution >= 0.6 is 0 Å². The van der Waals surface area contributed by atoms with Crippen molar-refractivity contribution < 1.29 is 14.2 Å². The SMILES string of the molecule is COCc1cc(OC)cc(CC(C)(C)N)c1OC. The lowest BCUT2D eigenvalue weighted by Crippen LogP contribution is -2.34. The molecule has 0 amide bonds. The molecule has 0 saturated carbocycles. The largest absolute Gasteiger partial charge is 0.497 e. The Kier molecular flexibility index (Phi) is 4.99. The Labute approximate surface area is 109 Å². The minimum Gasteiger partial charge on any atom is -0.497 e. The van der Waals surface area contributed by atoms with Crippen molar-refractivity contribution in [1.29, 1.82) is 0 Å². The van der Waals surface area contributed by atoms with E-state index in [1.807, 2.05) is 26.0 Å². The number of ether oxygens (including phenoxy) is 3. The van der Waals surface area contributed by atoms with E-state index >= 15 is 0 Å². The summed E-state index contributed by atoms with van der Waals surface area (Å²) >= 11 is 0. The number of rotatable bonds is 6. The Morgan fingerprint density at radius 2 is 1.67 bits per heavy atom. The van der Waals surface area contributed by atoms with Crippen LogP contribution < -0.4 is 15.2 Å². The molecule has 0 saturated heterocycles. The molecule has 2 N–H and O–H groups in total. The zero-order valence-electron chi connectivity index (χ0n) is 11.9. The summed E-state index contributed by atoms with van der Waals surface area (Å²) in [6.07, 6.45) is 0.712. The van der Waals surface area contributed by atoms with Gasteiger partial charge in [-0.25, -0.2) is 0 Å². The van der Waals surface area contributed by atoms with Gasteiger partial charge in [-0.1, -0.05) is 0 Å². The molecule has 0 fully saturated rings. The van der Waals surface area contributed by atoms with Gasteiger partial charge in [0.1, 0.15) is 11.5 Å². The van der Waals surface area contributed by atoms with Gasteiger partial charge in [-0.15, -0.1) is 0 Å². The normalized spacial score (nSPS) is 11.4. The highest BCUT2D eigenvalue weighted by Gasteiger charge is 2.18. The van der Waals surface area contributed by atoms with E-state index in [0.29, 0.717) is 13.0 Å². The summed E-state index contributed by atoms with van der Waals surface area (Å²) in [6.45, 7) is 4.46. The van der Waals surface area contributed by atoms with Gasteiger partial charge < -0.3 is 19.9 Å². The van der Waals surface area contributed by atoms with E-state index in [9.17, 15) is 0 Å². The fraction of sp³-hybridized carbons (Fsp3) is 0.571. The summed E-state index contributed by atoms with van der Waals surface area (Å²) in [7, 11) is 4.97. The minimum absolute atomic E-state index is 0.302. The van der Waals surface area contributed by atoms with E-state index in [0.717, 1.165) is 22.6 Å². The number of methoxy groups -OCH3 is 3. The quantitative estimate of drug-likeness (QED) is 0.844. The molecule has 18 heavy (non-hydrogen) atoms. The predicted octanol–water partition coefficient (Wildman–Crippen LogP) is 2.13. The Morgan fingerprint density at radius 3 is 2.11 bits per heavy atom. The predicted molar refractivity (Wildman–Crippen MR) is 72.2 cm³/mol. The van der Waals surface area contributed by atoms with E-state index < -0.39 is 0 Å². The van der Waals surface area contributed by atoms with Crippen molar-refractivity contribution in [3.05, 3.63) is 23.3 Å². The first-order valence-corrected chi connectivity index (χ1v) is 5.93. The van der Waals surface area contributed by atoms with E-state index in [-0.39, 0.29) is 5.54 Å². The highest BCUT2D eigenvalue weighted by molar-refractivity contribution is 5.47. The standard InChI is InChI=1S/C14H23NO3/c1-14(2,15)8-10-6-12(17-4)7-11(9-16-3)13(10)18-5/h6-7H,8-9,15H2,1-5H3. The van der Waals surface area contributed by atoms with Crippen LogP contribution in [-0.2, 0) is 17.8 Å². The lowest BCUT2D eigenvalue weighted by Gasteiger charge is -2.22. The molecular weight excluding hydrogens is 230 g/mol. The molecule has 0 aliphatic rings. The number of benzene rings is 1. The van der Waals surface area contributed by atoms with Crippen molar-refractivity contribution in [2.75, 3.05) is 21.3 Å². The van der Waals surface area contributed by atoms with Crippen molar-refractivity contribution >= 4 is 0 Å². The van der Waals surface area contributed by atoms with Crippen molar-refractivity contribution in [1.82, 2.24) is 0 Å². The molecule has 1 rings (SSSR count). The van der Waals surface area contributed by atoms with Gasteiger partial charge >= 0.3 is 0 Å². The molecule has 1 aromatic carbocycles. The van der Waals surface area contributed by atoms with Gasteiger partial charge in [0, 0.05) is 18.2 Å². The fourth-order valence-electron chi connectivity index (χ4n) is 1.99. The average molecular weight is 253 g/mol. The van der Waals surface area contributed by atoms with E-state index in [1.165, 1.54) is 0 Å². The summed E-state index contributed by atoms with van der Waals surface area (Å²) in [5.41, 5.74) is 7.79. The Morgan fingerprint density at radius 1 is 1.06 bits per heavy atom. The molecule has 0 radical (unpaired) electrons. The first kappa shape index (κ1) is 14.8. The van der Waals surface area contributed by atoms with Gasteiger partial charge in [0.15, 0.2) is 0 Å². The second kappa shape index (κ2) is 6.07. The van der Waals surface area contributed by atoms with Crippen LogP contribution in [0.15, 0.2) is 12.1 Å². The molecule has 0 heterocycles. The van der Waals surface area contributed by atoms with Gasteiger partial charge in [0.05, 0.1) is 20.8 Å². The topological polar surface area (TPSA) is 53.7 Å². The van der Waals surface area contributed by atoms with E-state index in [1.54, 1.807) is 21.3 Å². The van der Waals surface area contributed by atoms with Crippen molar-refractivity contribution in [3.8, 4) is 11.5 Å². The van der Waals surface area contributed by atoms with Gasteiger partial charge in [0.2, 0.25) is 0 Å². The fourth-order valence-corrected chi connectivity index (χ4v) is 1.99. The van der Waals surface area contributed by atoms with Crippen LogP contribution in [0.1, 0.15) is 25.0 Å². The van der Waals surface area contributed by atoms with Gasteiger partial charge in [-0.2, -0.15) is 0 Å². The highest BCUT2D eigenvalue weighted by Crippen LogP contribution is 2.32. The molecule has 0 unspecified atom stereocenters. The Bertz CT molecular complexity index is 397. The highest BCUT2D eigenvalue weighted by atomic mass is 16.5. The summed E-state index contributed by atoms with van der Waals surface area (Å²) in [5, 5.41) is 0. The summed E-state index contributed by atoms with van der Waals surface area (Å²) in [5.74, 6) is 1.62. The maximum Gasteiger partial charge on any atom is 0.127 e. The van der Waals surface area contributed by atoms with Crippen LogP contribution in [0.3, 0.4) is 0 Å². The monoisotopic (exact) mass is 253 g/mol. The van der Waals surface area contributed by atoms with Crippen LogP contribution in [0, 0.1) is 0 Å². The van der Waals surface area contributed by atoms with Crippen molar-refractivity contribution in [2.24, 2.45) is 5.73 Å². The molecule has 4 heteroatoms. The number of nitrogens with two attached hydrogens (primary N) is 1. The molecule has 0 aliphatic heterocycles. The molecule has 0 aromatic heterocycles. The van der Waals surface area contributed by atoms with Crippen molar-refractivity contribution in [3.63, 3.8) is 0 Å². The molecule has 1 aromatic rings. The maximum atomic E-state index is 6.08. The first-order chi connectivity index (χ1) is 8.41. The Balaban J connectivity index is 3.23. The van der Waals surface area contributed by atoms with Crippen LogP contribution in [0.25, 0.3) is 0 Å². The third kappa shape index (κ3) is 3.89. The molecule has 102 valence electrons. The zero-order chi connectivity index (χ0) is 13.8. The third-order valence-corrected chi connectivity index (χ3v) is 2.60. The third-order valence-electron chi connectivity index (χ3n) is 2.60. The molecule has 0 atom stereocenters. The summed E-state index contributed by atoms with van der Waals surface area (Å²) in [4.78, 5) is 0. The molecular formula is C14H23NO3.